The number of nitrogens with one attached hydrogen (secondary N) is 1. The van der Waals surface area contributed by atoms with Crippen LogP contribution in [0.15, 0.2) is 63.9 Å². The SMILES string of the molecule is CCC[N+](CCC)(CCC)CCC.N#C/C(N=Nc1ccc(C(F)(F)F)cc1)=N\Nc1ccc(C(F)(F)F)cc1. The average molecular weight is 572 g/mol. The summed E-state index contributed by atoms with van der Waals surface area (Å²) >= 11 is 0. The molecule has 0 aromatic heterocycles. The number of rotatable bonds is 11. The summed E-state index contributed by atoms with van der Waals surface area (Å²) in [6, 6.07) is 9.17. The lowest BCUT2D eigenvalue weighted by Gasteiger charge is -2.38. The van der Waals surface area contributed by atoms with Crippen LogP contribution >= 0.6 is 0 Å². The molecule has 220 valence electrons. The summed E-state index contributed by atoms with van der Waals surface area (Å²) in [4.78, 5) is 0. The smallest absolute Gasteiger partial charge is 0.324 e. The lowest BCUT2D eigenvalue weighted by molar-refractivity contribution is -0.928. The molecule has 12 heteroatoms. The number of hydrogen-bond donors (Lipinski definition) is 1. The molecule has 0 aliphatic heterocycles. The van der Waals surface area contributed by atoms with E-state index in [4.69, 9.17) is 5.26 Å². The summed E-state index contributed by atoms with van der Waals surface area (Å²) < 4.78 is 76.1. The highest BCUT2D eigenvalue weighted by molar-refractivity contribution is 5.97. The quantitative estimate of drug-likeness (QED) is 0.0729. The molecule has 2 rings (SSSR count). The van der Waals surface area contributed by atoms with E-state index >= 15 is 0 Å². The molecule has 6 nitrogen and oxygen atoms in total. The number of hydrogen-bond acceptors (Lipinski definition) is 4. The van der Waals surface area contributed by atoms with Gasteiger partial charge in [0, 0.05) is 0 Å². The van der Waals surface area contributed by atoms with Gasteiger partial charge in [-0.15, -0.1) is 15.3 Å². The van der Waals surface area contributed by atoms with Crippen LogP contribution in [0.4, 0.5) is 37.7 Å². The van der Waals surface area contributed by atoms with Gasteiger partial charge in [0.15, 0.2) is 0 Å². The van der Waals surface area contributed by atoms with Crippen LogP contribution in [0.5, 0.6) is 0 Å². The van der Waals surface area contributed by atoms with E-state index < -0.39 is 29.3 Å². The maximum Gasteiger partial charge on any atom is 0.416 e. The first-order chi connectivity index (χ1) is 18.8. The zero-order chi connectivity index (χ0) is 30.2. The van der Waals surface area contributed by atoms with Crippen molar-refractivity contribution in [2.24, 2.45) is 15.3 Å². The van der Waals surface area contributed by atoms with Crippen molar-refractivity contribution in [2.75, 3.05) is 31.6 Å². The van der Waals surface area contributed by atoms with E-state index in [9.17, 15) is 26.3 Å². The van der Waals surface area contributed by atoms with Gasteiger partial charge in [0.1, 0.15) is 6.07 Å². The third-order valence-corrected chi connectivity index (χ3v) is 5.85. The number of benzene rings is 2. The fourth-order valence-electron chi connectivity index (χ4n) is 4.31. The normalized spacial score (nSPS) is 12.6. The highest BCUT2D eigenvalue weighted by Gasteiger charge is 2.30. The standard InChI is InChI=1S/C16H9F6N5.C12H28N/c17-15(18,19)10-1-5-12(6-2-10)24-26-14(9-23)27-25-13-7-3-11(4-8-13)16(20,21)22;1-5-9-13(10-6-2,11-7-3)12-8-4/h1-8,24H;5-12H2,1-4H3/q;+1/b26-14+,27-25?;. The molecule has 0 atom stereocenters. The molecule has 0 saturated carbocycles. The first-order valence-electron chi connectivity index (χ1n) is 13.2. The van der Waals surface area contributed by atoms with E-state index in [1.807, 2.05) is 0 Å². The van der Waals surface area contributed by atoms with E-state index in [0.29, 0.717) is 0 Å². The van der Waals surface area contributed by atoms with Crippen molar-refractivity contribution in [3.63, 3.8) is 0 Å². The second-order valence-corrected chi connectivity index (χ2v) is 9.21. The molecule has 0 aliphatic carbocycles. The van der Waals surface area contributed by atoms with Gasteiger partial charge in [-0.1, -0.05) is 27.7 Å². The molecule has 0 radical (unpaired) electrons. The Morgan fingerprint density at radius 3 is 1.48 bits per heavy atom. The van der Waals surface area contributed by atoms with Crippen molar-refractivity contribution in [2.45, 2.75) is 65.7 Å². The summed E-state index contributed by atoms with van der Waals surface area (Å²) in [7, 11) is 0. The Kier molecular flexibility index (Phi) is 14.3. The Hall–Kier alpha value is -3.46. The van der Waals surface area contributed by atoms with Crippen molar-refractivity contribution in [1.29, 1.82) is 5.26 Å². The summed E-state index contributed by atoms with van der Waals surface area (Å²) in [6.45, 7) is 14.8. The monoisotopic (exact) mass is 571 g/mol. The third-order valence-electron chi connectivity index (χ3n) is 5.85. The Balaban J connectivity index is 0.000000520. The Labute approximate surface area is 232 Å². The molecular weight excluding hydrogens is 534 g/mol. The number of alkyl halides is 6. The van der Waals surface area contributed by atoms with Crippen molar-refractivity contribution < 1.29 is 30.8 Å². The molecule has 0 saturated heterocycles. The predicted octanol–water partition coefficient (Wildman–Crippen LogP) is 9.20. The second-order valence-electron chi connectivity index (χ2n) is 9.21. The molecule has 40 heavy (non-hydrogen) atoms. The minimum Gasteiger partial charge on any atom is -0.324 e. The van der Waals surface area contributed by atoms with Crippen LogP contribution in [0.2, 0.25) is 0 Å². The molecule has 0 bridgehead atoms. The lowest BCUT2D eigenvalue weighted by Crippen LogP contribution is -2.50. The number of hydrazone groups is 1. The molecule has 0 heterocycles. The molecule has 2 aromatic rings. The molecule has 0 aliphatic rings. The maximum absolute atomic E-state index is 12.5. The van der Waals surface area contributed by atoms with Crippen LogP contribution < -0.4 is 5.43 Å². The first-order valence-corrected chi connectivity index (χ1v) is 13.2. The molecule has 0 unspecified atom stereocenters. The average Bonchev–Trinajstić information content (AvgIpc) is 2.89. The van der Waals surface area contributed by atoms with Crippen LogP contribution in [0.3, 0.4) is 0 Å². The largest absolute Gasteiger partial charge is 0.416 e. The Morgan fingerprint density at radius 1 is 0.725 bits per heavy atom. The summed E-state index contributed by atoms with van der Waals surface area (Å²) in [5.74, 6) is -0.477. The number of amidine groups is 1. The third kappa shape index (κ3) is 12.2. The lowest BCUT2D eigenvalue weighted by atomic mass is 10.2. The highest BCUT2D eigenvalue weighted by Crippen LogP contribution is 2.31. The topological polar surface area (TPSA) is 72.9 Å². The minimum absolute atomic E-state index is 0.0560. The van der Waals surface area contributed by atoms with E-state index in [1.165, 1.54) is 56.3 Å². The number of azo groups is 1. The van der Waals surface area contributed by atoms with Crippen molar-refractivity contribution in [1.82, 2.24) is 0 Å². The Bertz CT molecular complexity index is 1070. The number of halogens is 6. The number of nitriles is 1. The van der Waals surface area contributed by atoms with Crippen molar-refractivity contribution in [3.05, 3.63) is 59.7 Å². The van der Waals surface area contributed by atoms with Crippen LogP contribution in [-0.4, -0.2) is 36.5 Å². The van der Waals surface area contributed by atoms with E-state index in [2.05, 4.69) is 48.5 Å². The fourth-order valence-corrected chi connectivity index (χ4v) is 4.31. The van der Waals surface area contributed by atoms with Crippen molar-refractivity contribution >= 4 is 17.2 Å². The zero-order valence-corrected chi connectivity index (χ0v) is 23.3. The summed E-state index contributed by atoms with van der Waals surface area (Å²) in [5, 5.41) is 19.5. The van der Waals surface area contributed by atoms with Gasteiger partial charge in [-0.05, 0) is 74.2 Å². The summed E-state index contributed by atoms with van der Waals surface area (Å²) in [5.41, 5.74) is 0.849. The Morgan fingerprint density at radius 2 is 1.12 bits per heavy atom. The van der Waals surface area contributed by atoms with Gasteiger partial charge in [0.25, 0.3) is 5.84 Å². The number of nitrogens with zero attached hydrogens (tertiary/aromatic N) is 5. The van der Waals surface area contributed by atoms with Gasteiger partial charge in [-0.2, -0.15) is 31.6 Å². The number of quaternary nitrogens is 1. The van der Waals surface area contributed by atoms with Gasteiger partial charge in [-0.25, -0.2) is 0 Å². The molecule has 1 N–H and O–H groups in total. The van der Waals surface area contributed by atoms with Gasteiger partial charge < -0.3 is 4.48 Å². The summed E-state index contributed by atoms with van der Waals surface area (Å²) in [6.07, 6.45) is -3.63. The first kappa shape index (κ1) is 34.6. The van der Waals surface area contributed by atoms with Crippen LogP contribution in [0.25, 0.3) is 0 Å². The fraction of sp³-hybridized carbons (Fsp3) is 0.500. The second kappa shape index (κ2) is 16.6. The van der Waals surface area contributed by atoms with Gasteiger partial charge >= 0.3 is 12.4 Å². The maximum atomic E-state index is 12.5. The van der Waals surface area contributed by atoms with Crippen molar-refractivity contribution in [3.8, 4) is 6.07 Å². The van der Waals surface area contributed by atoms with E-state index in [0.717, 1.165) is 48.5 Å². The van der Waals surface area contributed by atoms with Gasteiger partial charge in [-0.3, -0.25) is 5.43 Å². The predicted molar refractivity (Wildman–Crippen MR) is 145 cm³/mol. The van der Waals surface area contributed by atoms with E-state index in [-0.39, 0.29) is 11.4 Å². The van der Waals surface area contributed by atoms with Gasteiger partial charge in [0.05, 0.1) is 48.7 Å². The zero-order valence-electron chi connectivity index (χ0n) is 23.3. The van der Waals surface area contributed by atoms with Gasteiger partial charge in [0.2, 0.25) is 0 Å². The van der Waals surface area contributed by atoms with Crippen LogP contribution in [0.1, 0.15) is 64.5 Å². The molecule has 2 aromatic carbocycles. The molecular formula is C28H37F6N6+. The number of anilines is 1. The molecule has 0 fully saturated rings. The minimum atomic E-state index is -4.49. The van der Waals surface area contributed by atoms with E-state index in [1.54, 1.807) is 6.07 Å². The van der Waals surface area contributed by atoms with Crippen LogP contribution in [-0.2, 0) is 12.4 Å². The highest BCUT2D eigenvalue weighted by atomic mass is 19.4. The molecule has 0 amide bonds. The molecule has 0 spiro atoms. The van der Waals surface area contributed by atoms with Crippen LogP contribution in [0, 0.1) is 11.3 Å².